The zero-order valence-corrected chi connectivity index (χ0v) is 13.1. The van der Waals surface area contributed by atoms with E-state index in [4.69, 9.17) is 9.47 Å². The van der Waals surface area contributed by atoms with Crippen LogP contribution in [-0.4, -0.2) is 47.3 Å². The molecule has 2 aliphatic heterocycles. The summed E-state index contributed by atoms with van der Waals surface area (Å²) in [5.41, 5.74) is 0.709. The van der Waals surface area contributed by atoms with Crippen molar-refractivity contribution in [3.63, 3.8) is 0 Å². The van der Waals surface area contributed by atoms with Crippen LogP contribution in [-0.2, 0) is 9.47 Å². The lowest BCUT2D eigenvalue weighted by atomic mass is 10.0. The highest BCUT2D eigenvalue weighted by Gasteiger charge is 2.40. The number of anilines is 3. The van der Waals surface area contributed by atoms with Crippen molar-refractivity contribution in [2.75, 3.05) is 36.5 Å². The summed E-state index contributed by atoms with van der Waals surface area (Å²) in [4.78, 5) is 6.63. The Kier molecular flexibility index (Phi) is 3.99. The van der Waals surface area contributed by atoms with Crippen LogP contribution in [0.1, 0.15) is 12.8 Å². The standard InChI is InChI=1S/C16H18FN5O2/c17-12-1-3-13(4-2-12)19-15-20-14(11-18-21-15)22-7-5-16(6-8-22)23-9-10-24-16/h1-4,11H,5-10H2,(H,19,20,21). The first-order valence-corrected chi connectivity index (χ1v) is 7.98. The van der Waals surface area contributed by atoms with E-state index in [2.05, 4.69) is 25.4 Å². The van der Waals surface area contributed by atoms with Crippen LogP contribution in [0.15, 0.2) is 30.5 Å². The molecule has 2 aromatic rings. The molecule has 4 rings (SSSR count). The first-order valence-electron chi connectivity index (χ1n) is 7.98. The summed E-state index contributed by atoms with van der Waals surface area (Å²) < 4.78 is 24.4. The molecule has 126 valence electrons. The lowest BCUT2D eigenvalue weighted by Gasteiger charge is -2.37. The predicted molar refractivity (Wildman–Crippen MR) is 85.6 cm³/mol. The first kappa shape index (κ1) is 15.2. The molecule has 1 aromatic heterocycles. The van der Waals surface area contributed by atoms with E-state index < -0.39 is 5.79 Å². The maximum Gasteiger partial charge on any atom is 0.249 e. The van der Waals surface area contributed by atoms with Gasteiger partial charge >= 0.3 is 0 Å². The molecule has 1 aromatic carbocycles. The van der Waals surface area contributed by atoms with Gasteiger partial charge < -0.3 is 19.7 Å². The Morgan fingerprint density at radius 1 is 1.08 bits per heavy atom. The molecular weight excluding hydrogens is 313 g/mol. The molecule has 0 aliphatic carbocycles. The third-order valence-electron chi connectivity index (χ3n) is 4.31. The van der Waals surface area contributed by atoms with Crippen molar-refractivity contribution >= 4 is 17.5 Å². The van der Waals surface area contributed by atoms with Crippen LogP contribution >= 0.6 is 0 Å². The van der Waals surface area contributed by atoms with Crippen molar-refractivity contribution < 1.29 is 13.9 Å². The number of ether oxygens (including phenoxy) is 2. The van der Waals surface area contributed by atoms with Gasteiger partial charge in [-0.05, 0) is 24.3 Å². The van der Waals surface area contributed by atoms with Crippen molar-refractivity contribution in [3.05, 3.63) is 36.3 Å². The number of hydrogen-bond acceptors (Lipinski definition) is 7. The molecule has 24 heavy (non-hydrogen) atoms. The zero-order chi connectivity index (χ0) is 16.4. The lowest BCUT2D eigenvalue weighted by molar-refractivity contribution is -0.169. The van der Waals surface area contributed by atoms with Crippen molar-refractivity contribution in [2.45, 2.75) is 18.6 Å². The highest BCUT2D eigenvalue weighted by molar-refractivity contribution is 5.54. The van der Waals surface area contributed by atoms with Crippen molar-refractivity contribution in [3.8, 4) is 0 Å². The van der Waals surface area contributed by atoms with Gasteiger partial charge in [0.2, 0.25) is 5.95 Å². The van der Waals surface area contributed by atoms with Crippen LogP contribution in [0.4, 0.5) is 21.8 Å². The van der Waals surface area contributed by atoms with E-state index in [-0.39, 0.29) is 5.82 Å². The predicted octanol–water partition coefficient (Wildman–Crippen LogP) is 2.10. The Labute approximate surface area is 138 Å². The monoisotopic (exact) mass is 331 g/mol. The second-order valence-electron chi connectivity index (χ2n) is 5.86. The molecule has 1 spiro atoms. The first-order chi connectivity index (χ1) is 11.7. The molecule has 8 heteroatoms. The number of hydrogen-bond donors (Lipinski definition) is 1. The number of piperidine rings is 1. The van der Waals surface area contributed by atoms with Gasteiger partial charge in [0.05, 0.1) is 19.4 Å². The fourth-order valence-corrected chi connectivity index (χ4v) is 3.02. The van der Waals surface area contributed by atoms with Gasteiger partial charge in [-0.15, -0.1) is 5.10 Å². The number of nitrogens with one attached hydrogen (secondary N) is 1. The minimum absolute atomic E-state index is 0.285. The molecule has 0 saturated carbocycles. The Morgan fingerprint density at radius 3 is 2.50 bits per heavy atom. The van der Waals surface area contributed by atoms with Gasteiger partial charge in [-0.2, -0.15) is 10.1 Å². The molecule has 0 bridgehead atoms. The topological polar surface area (TPSA) is 72.4 Å². The lowest BCUT2D eigenvalue weighted by Crippen LogP contribution is -2.45. The Balaban J connectivity index is 1.44. The summed E-state index contributed by atoms with van der Waals surface area (Å²) in [6, 6.07) is 6.02. The number of aromatic nitrogens is 3. The van der Waals surface area contributed by atoms with Gasteiger partial charge in [-0.1, -0.05) is 0 Å². The zero-order valence-electron chi connectivity index (χ0n) is 13.1. The third kappa shape index (κ3) is 3.15. The third-order valence-corrected chi connectivity index (χ3v) is 4.31. The molecule has 0 amide bonds. The molecule has 1 N–H and O–H groups in total. The van der Waals surface area contributed by atoms with E-state index in [0.717, 1.165) is 31.7 Å². The molecule has 0 radical (unpaired) electrons. The fraction of sp³-hybridized carbons (Fsp3) is 0.438. The molecule has 0 atom stereocenters. The summed E-state index contributed by atoms with van der Waals surface area (Å²) >= 11 is 0. The average molecular weight is 331 g/mol. The molecule has 2 aliphatic rings. The highest BCUT2D eigenvalue weighted by atomic mass is 19.1. The summed E-state index contributed by atoms with van der Waals surface area (Å²) in [6.07, 6.45) is 3.25. The SMILES string of the molecule is Fc1ccc(Nc2nncc(N3CCC4(CC3)OCCO4)n2)cc1. The number of rotatable bonds is 3. The summed E-state index contributed by atoms with van der Waals surface area (Å²) in [6.45, 7) is 2.91. The van der Waals surface area contributed by atoms with E-state index in [1.165, 1.54) is 12.1 Å². The molecular formula is C16H18FN5O2. The number of halogens is 1. The Hall–Kier alpha value is -2.32. The van der Waals surface area contributed by atoms with Crippen LogP contribution in [0, 0.1) is 5.82 Å². The van der Waals surface area contributed by atoms with Gasteiger partial charge in [0.1, 0.15) is 5.82 Å². The average Bonchev–Trinajstić information content (AvgIpc) is 3.06. The van der Waals surface area contributed by atoms with Crippen LogP contribution < -0.4 is 10.2 Å². The highest BCUT2D eigenvalue weighted by Crippen LogP contribution is 2.32. The second-order valence-corrected chi connectivity index (χ2v) is 5.86. The quantitative estimate of drug-likeness (QED) is 0.923. The summed E-state index contributed by atoms with van der Waals surface area (Å²) in [5, 5.41) is 11.0. The van der Waals surface area contributed by atoms with Crippen molar-refractivity contribution in [2.24, 2.45) is 0 Å². The van der Waals surface area contributed by atoms with Gasteiger partial charge in [0.15, 0.2) is 11.6 Å². The van der Waals surface area contributed by atoms with Gasteiger partial charge in [-0.3, -0.25) is 0 Å². The maximum absolute atomic E-state index is 13.0. The van der Waals surface area contributed by atoms with E-state index in [1.807, 2.05) is 0 Å². The molecule has 2 saturated heterocycles. The normalized spacial score (nSPS) is 19.6. The van der Waals surface area contributed by atoms with Gasteiger partial charge in [0.25, 0.3) is 0 Å². The van der Waals surface area contributed by atoms with Crippen molar-refractivity contribution in [1.82, 2.24) is 15.2 Å². The summed E-state index contributed by atoms with van der Waals surface area (Å²) in [7, 11) is 0. The Morgan fingerprint density at radius 2 is 1.79 bits per heavy atom. The van der Waals surface area contributed by atoms with E-state index >= 15 is 0 Å². The van der Waals surface area contributed by atoms with E-state index in [9.17, 15) is 4.39 Å². The van der Waals surface area contributed by atoms with Gasteiger partial charge in [-0.25, -0.2) is 4.39 Å². The van der Waals surface area contributed by atoms with E-state index in [0.29, 0.717) is 24.8 Å². The largest absolute Gasteiger partial charge is 0.355 e. The van der Waals surface area contributed by atoms with Gasteiger partial charge in [0, 0.05) is 31.6 Å². The van der Waals surface area contributed by atoms with Crippen LogP contribution in [0.3, 0.4) is 0 Å². The Bertz CT molecular complexity index is 696. The molecule has 3 heterocycles. The minimum atomic E-state index is -0.411. The number of benzene rings is 1. The number of nitrogens with zero attached hydrogens (tertiary/aromatic N) is 4. The molecule has 0 unspecified atom stereocenters. The smallest absolute Gasteiger partial charge is 0.249 e. The fourth-order valence-electron chi connectivity index (χ4n) is 3.02. The van der Waals surface area contributed by atoms with Crippen LogP contribution in [0.2, 0.25) is 0 Å². The van der Waals surface area contributed by atoms with E-state index in [1.54, 1.807) is 18.3 Å². The molecule has 2 fully saturated rings. The van der Waals surface area contributed by atoms with Crippen LogP contribution in [0.25, 0.3) is 0 Å². The summed E-state index contributed by atoms with van der Waals surface area (Å²) in [5.74, 6) is 0.439. The minimum Gasteiger partial charge on any atom is -0.355 e. The van der Waals surface area contributed by atoms with Crippen molar-refractivity contribution in [1.29, 1.82) is 0 Å². The second kappa shape index (κ2) is 6.29. The molecule has 7 nitrogen and oxygen atoms in total. The van der Waals surface area contributed by atoms with Crippen LogP contribution in [0.5, 0.6) is 0 Å². The maximum atomic E-state index is 13.0.